The van der Waals surface area contributed by atoms with Crippen LogP contribution in [-0.4, -0.2) is 14.3 Å². The van der Waals surface area contributed by atoms with Crippen molar-refractivity contribution in [1.82, 2.24) is 0 Å². The number of amides is 1. The SMILES string of the molecule is O=C(Nc1ccc(S(=O)(=O)Nc2cc(Cl)cc(Cl)c2)cc1)/C(=C/c1ccccc1Cl)c1ccccc1. The fourth-order valence-corrected chi connectivity index (χ4v) is 5.14. The Morgan fingerprint density at radius 2 is 1.33 bits per heavy atom. The van der Waals surface area contributed by atoms with Crippen LogP contribution in [0.15, 0.2) is 102 Å². The molecule has 2 N–H and O–H groups in total. The third kappa shape index (κ3) is 6.47. The molecule has 0 aliphatic heterocycles. The van der Waals surface area contributed by atoms with Gasteiger partial charge in [0.25, 0.3) is 15.9 Å². The van der Waals surface area contributed by atoms with Gasteiger partial charge in [0, 0.05) is 26.3 Å². The van der Waals surface area contributed by atoms with Gasteiger partial charge in [-0.2, -0.15) is 0 Å². The molecule has 0 heterocycles. The summed E-state index contributed by atoms with van der Waals surface area (Å²) in [5, 5.41) is 3.94. The van der Waals surface area contributed by atoms with E-state index in [1.165, 1.54) is 42.5 Å². The number of sulfonamides is 1. The van der Waals surface area contributed by atoms with Crippen molar-refractivity contribution in [2.45, 2.75) is 4.90 Å². The van der Waals surface area contributed by atoms with Gasteiger partial charge in [0.1, 0.15) is 0 Å². The van der Waals surface area contributed by atoms with E-state index in [1.807, 2.05) is 48.5 Å². The lowest BCUT2D eigenvalue weighted by molar-refractivity contribution is -0.111. The van der Waals surface area contributed by atoms with Gasteiger partial charge in [0.05, 0.1) is 10.6 Å². The summed E-state index contributed by atoms with van der Waals surface area (Å²) in [5.74, 6) is -0.372. The van der Waals surface area contributed by atoms with Crippen molar-refractivity contribution in [3.05, 3.63) is 123 Å². The number of anilines is 2. The number of nitrogens with one attached hydrogen (secondary N) is 2. The van der Waals surface area contributed by atoms with Gasteiger partial charge in [0.15, 0.2) is 0 Å². The van der Waals surface area contributed by atoms with E-state index in [1.54, 1.807) is 12.1 Å². The van der Waals surface area contributed by atoms with Gasteiger partial charge < -0.3 is 5.32 Å². The van der Waals surface area contributed by atoms with Crippen LogP contribution >= 0.6 is 34.8 Å². The smallest absolute Gasteiger partial charge is 0.261 e. The second-order valence-corrected chi connectivity index (χ2v) is 10.7. The molecule has 36 heavy (non-hydrogen) atoms. The van der Waals surface area contributed by atoms with Crippen LogP contribution in [0, 0.1) is 0 Å². The Bertz CT molecular complexity index is 1520. The highest BCUT2D eigenvalue weighted by Gasteiger charge is 2.17. The normalized spacial score (nSPS) is 11.7. The summed E-state index contributed by atoms with van der Waals surface area (Å²) in [6, 6.07) is 26.6. The van der Waals surface area contributed by atoms with E-state index in [2.05, 4.69) is 10.0 Å². The number of hydrogen-bond donors (Lipinski definition) is 2. The molecule has 5 nitrogen and oxygen atoms in total. The molecule has 4 aromatic rings. The molecule has 0 bridgehead atoms. The number of halogens is 3. The number of carbonyl (C=O) groups is 1. The Hall–Kier alpha value is -3.29. The van der Waals surface area contributed by atoms with Crippen LogP contribution in [0.5, 0.6) is 0 Å². The molecule has 4 rings (SSSR count). The summed E-state index contributed by atoms with van der Waals surface area (Å²) in [7, 11) is -3.90. The highest BCUT2D eigenvalue weighted by atomic mass is 35.5. The minimum absolute atomic E-state index is 0.00601. The number of hydrogen-bond acceptors (Lipinski definition) is 3. The zero-order chi connectivity index (χ0) is 25.7. The van der Waals surface area contributed by atoms with Gasteiger partial charge in [-0.05, 0) is 65.7 Å². The van der Waals surface area contributed by atoms with Crippen molar-refractivity contribution in [2.75, 3.05) is 10.0 Å². The molecule has 0 radical (unpaired) electrons. The van der Waals surface area contributed by atoms with E-state index in [4.69, 9.17) is 34.8 Å². The second kappa shape index (κ2) is 11.2. The minimum atomic E-state index is -3.90. The van der Waals surface area contributed by atoms with E-state index >= 15 is 0 Å². The largest absolute Gasteiger partial charge is 0.322 e. The molecule has 0 aliphatic carbocycles. The van der Waals surface area contributed by atoms with E-state index in [-0.39, 0.29) is 16.5 Å². The van der Waals surface area contributed by atoms with Crippen molar-refractivity contribution in [2.24, 2.45) is 0 Å². The Balaban J connectivity index is 1.57. The lowest BCUT2D eigenvalue weighted by Gasteiger charge is -2.12. The summed E-state index contributed by atoms with van der Waals surface area (Å²) in [6.07, 6.45) is 1.71. The maximum Gasteiger partial charge on any atom is 0.261 e. The van der Waals surface area contributed by atoms with Gasteiger partial charge in [0.2, 0.25) is 0 Å². The topological polar surface area (TPSA) is 75.3 Å². The molecule has 1 amide bonds. The monoisotopic (exact) mass is 556 g/mol. The van der Waals surface area contributed by atoms with Crippen molar-refractivity contribution in [3.8, 4) is 0 Å². The molecule has 0 spiro atoms. The van der Waals surface area contributed by atoms with E-state index in [0.29, 0.717) is 37.5 Å². The minimum Gasteiger partial charge on any atom is -0.322 e. The average molecular weight is 558 g/mol. The molecule has 182 valence electrons. The Morgan fingerprint density at radius 1 is 0.722 bits per heavy atom. The summed E-state index contributed by atoms with van der Waals surface area (Å²) < 4.78 is 28.0. The van der Waals surface area contributed by atoms with Crippen molar-refractivity contribution in [3.63, 3.8) is 0 Å². The van der Waals surface area contributed by atoms with E-state index in [9.17, 15) is 13.2 Å². The fourth-order valence-electron chi connectivity index (χ4n) is 3.39. The summed E-state index contributed by atoms with van der Waals surface area (Å²) in [4.78, 5) is 13.2. The molecule has 0 saturated heterocycles. The molecule has 0 aliphatic rings. The third-order valence-electron chi connectivity index (χ3n) is 5.07. The van der Waals surface area contributed by atoms with E-state index in [0.717, 1.165) is 0 Å². The van der Waals surface area contributed by atoms with Gasteiger partial charge in [-0.25, -0.2) is 8.42 Å². The quantitative estimate of drug-likeness (QED) is 0.181. The second-order valence-electron chi connectivity index (χ2n) is 7.69. The summed E-state index contributed by atoms with van der Waals surface area (Å²) in [5.41, 5.74) is 2.47. The first-order valence-electron chi connectivity index (χ1n) is 10.6. The highest BCUT2D eigenvalue weighted by Crippen LogP contribution is 2.27. The predicted molar refractivity (Wildman–Crippen MR) is 148 cm³/mol. The molecule has 0 saturated carbocycles. The van der Waals surface area contributed by atoms with Crippen molar-refractivity contribution < 1.29 is 13.2 Å². The molecule has 4 aromatic carbocycles. The first-order chi connectivity index (χ1) is 17.2. The highest BCUT2D eigenvalue weighted by molar-refractivity contribution is 7.92. The lowest BCUT2D eigenvalue weighted by Crippen LogP contribution is -2.15. The van der Waals surface area contributed by atoms with Gasteiger partial charge in [-0.1, -0.05) is 83.3 Å². The standard InChI is InChI=1S/C27H19Cl3N2O3S/c28-20-15-21(29)17-23(16-20)32-36(34,35)24-12-10-22(11-13-24)31-27(33)25(18-6-2-1-3-7-18)14-19-8-4-5-9-26(19)30/h1-17,32H,(H,31,33)/b25-14+. The molecule has 0 unspecified atom stereocenters. The number of benzene rings is 4. The van der Waals surface area contributed by atoms with Crippen LogP contribution in [0.25, 0.3) is 11.6 Å². The molecule has 9 heteroatoms. The van der Waals surface area contributed by atoms with Gasteiger partial charge in [-0.15, -0.1) is 0 Å². The number of carbonyl (C=O) groups excluding carboxylic acids is 1. The third-order valence-corrected chi connectivity index (χ3v) is 7.25. The Morgan fingerprint density at radius 3 is 1.97 bits per heavy atom. The lowest BCUT2D eigenvalue weighted by atomic mass is 10.0. The van der Waals surface area contributed by atoms with Crippen LogP contribution in [0.1, 0.15) is 11.1 Å². The van der Waals surface area contributed by atoms with Crippen LogP contribution in [0.2, 0.25) is 15.1 Å². The maximum absolute atomic E-state index is 13.2. The predicted octanol–water partition coefficient (Wildman–Crippen LogP) is 7.63. The van der Waals surface area contributed by atoms with Gasteiger partial charge in [-0.3, -0.25) is 9.52 Å². The first-order valence-corrected chi connectivity index (χ1v) is 13.2. The molecule has 0 aromatic heterocycles. The maximum atomic E-state index is 13.2. The van der Waals surface area contributed by atoms with Crippen molar-refractivity contribution >= 4 is 73.8 Å². The number of rotatable bonds is 7. The first kappa shape index (κ1) is 25.8. The molecule has 0 fully saturated rings. The fraction of sp³-hybridized carbons (Fsp3) is 0. The zero-order valence-corrected chi connectivity index (χ0v) is 21.7. The van der Waals surface area contributed by atoms with Crippen LogP contribution in [0.3, 0.4) is 0 Å². The Kier molecular flexibility index (Phi) is 8.01. The van der Waals surface area contributed by atoms with E-state index < -0.39 is 10.0 Å². The summed E-state index contributed by atoms with van der Waals surface area (Å²) >= 11 is 18.2. The summed E-state index contributed by atoms with van der Waals surface area (Å²) in [6.45, 7) is 0. The van der Waals surface area contributed by atoms with Crippen LogP contribution < -0.4 is 10.0 Å². The van der Waals surface area contributed by atoms with Gasteiger partial charge >= 0.3 is 0 Å². The molecule has 0 atom stereocenters. The van der Waals surface area contributed by atoms with Crippen molar-refractivity contribution in [1.29, 1.82) is 0 Å². The zero-order valence-electron chi connectivity index (χ0n) is 18.6. The molecular weight excluding hydrogens is 539 g/mol. The van der Waals surface area contributed by atoms with Crippen LogP contribution in [0.4, 0.5) is 11.4 Å². The average Bonchev–Trinajstić information content (AvgIpc) is 2.83. The Labute approximate surface area is 224 Å². The molecular formula is C27H19Cl3N2O3S. The van der Waals surface area contributed by atoms with Crippen LogP contribution in [-0.2, 0) is 14.8 Å².